The summed E-state index contributed by atoms with van der Waals surface area (Å²) in [4.78, 5) is 0. The maximum Gasteiger partial charge on any atom is 0.167 e. The van der Waals surface area contributed by atoms with Crippen molar-refractivity contribution in [3.05, 3.63) is 58.7 Å². The van der Waals surface area contributed by atoms with Crippen molar-refractivity contribution in [1.29, 1.82) is 0 Å². The normalized spacial score (nSPS) is 10.4. The van der Waals surface area contributed by atoms with E-state index in [2.05, 4.69) is 32.0 Å². The summed E-state index contributed by atoms with van der Waals surface area (Å²) in [5.74, 6) is 1.25. The second-order valence-electron chi connectivity index (χ2n) is 4.83. The van der Waals surface area contributed by atoms with Gasteiger partial charge < -0.3 is 14.6 Å². The molecule has 0 saturated carbocycles. The van der Waals surface area contributed by atoms with E-state index in [1.807, 2.05) is 18.2 Å². The third kappa shape index (κ3) is 3.11. The van der Waals surface area contributed by atoms with Crippen LogP contribution in [0.25, 0.3) is 0 Å². The third-order valence-electron chi connectivity index (χ3n) is 3.33. The molecule has 2 aromatic carbocycles. The second-order valence-corrected chi connectivity index (χ2v) is 4.83. The van der Waals surface area contributed by atoms with E-state index in [4.69, 9.17) is 9.47 Å². The summed E-state index contributed by atoms with van der Waals surface area (Å²) in [7, 11) is 1.60. The molecule has 0 spiro atoms. The van der Waals surface area contributed by atoms with Gasteiger partial charge in [-0.1, -0.05) is 35.9 Å². The van der Waals surface area contributed by atoms with E-state index in [1.54, 1.807) is 7.11 Å². The van der Waals surface area contributed by atoms with Crippen molar-refractivity contribution in [2.75, 3.05) is 7.11 Å². The molecule has 0 fully saturated rings. The smallest absolute Gasteiger partial charge is 0.167 e. The first-order valence-electron chi connectivity index (χ1n) is 6.61. The molecule has 0 heterocycles. The largest absolute Gasteiger partial charge is 0.493 e. The van der Waals surface area contributed by atoms with Crippen LogP contribution in [0.2, 0.25) is 0 Å². The Labute approximate surface area is 119 Å². The van der Waals surface area contributed by atoms with Crippen LogP contribution in [0.3, 0.4) is 0 Å². The van der Waals surface area contributed by atoms with Gasteiger partial charge in [0.25, 0.3) is 0 Å². The predicted molar refractivity (Wildman–Crippen MR) is 79.2 cm³/mol. The lowest BCUT2D eigenvalue weighted by atomic mass is 10.1. The number of ether oxygens (including phenoxy) is 2. The van der Waals surface area contributed by atoms with E-state index < -0.39 is 0 Å². The molecule has 2 aromatic rings. The molecule has 3 nitrogen and oxygen atoms in total. The van der Waals surface area contributed by atoms with Crippen LogP contribution in [0.15, 0.2) is 36.4 Å². The number of methoxy groups -OCH3 is 1. The van der Waals surface area contributed by atoms with E-state index in [0.29, 0.717) is 18.1 Å². The van der Waals surface area contributed by atoms with E-state index in [0.717, 1.165) is 11.1 Å². The molecule has 1 N–H and O–H groups in total. The topological polar surface area (TPSA) is 38.7 Å². The minimum Gasteiger partial charge on any atom is -0.493 e. The average Bonchev–Trinajstić information content (AvgIpc) is 2.47. The van der Waals surface area contributed by atoms with Crippen LogP contribution in [0, 0.1) is 13.8 Å². The van der Waals surface area contributed by atoms with E-state index in [-0.39, 0.29) is 6.61 Å². The van der Waals surface area contributed by atoms with Gasteiger partial charge >= 0.3 is 0 Å². The molecular weight excluding hydrogens is 252 g/mol. The summed E-state index contributed by atoms with van der Waals surface area (Å²) in [5.41, 5.74) is 4.27. The standard InChI is InChI=1S/C17H20O3/c1-12-7-8-13(2)15(9-12)11-20-17-14(10-18)5-4-6-16(17)19-3/h4-9,18H,10-11H2,1-3H3. The Morgan fingerprint density at radius 2 is 1.85 bits per heavy atom. The zero-order valence-corrected chi connectivity index (χ0v) is 12.1. The van der Waals surface area contributed by atoms with Crippen LogP contribution in [-0.2, 0) is 13.2 Å². The number of hydrogen-bond donors (Lipinski definition) is 1. The summed E-state index contributed by atoms with van der Waals surface area (Å²) in [6.45, 7) is 4.51. The van der Waals surface area contributed by atoms with Gasteiger partial charge in [-0.2, -0.15) is 0 Å². The molecule has 2 rings (SSSR count). The lowest BCUT2D eigenvalue weighted by molar-refractivity contribution is 0.249. The Morgan fingerprint density at radius 1 is 1.05 bits per heavy atom. The van der Waals surface area contributed by atoms with Crippen molar-refractivity contribution in [3.8, 4) is 11.5 Å². The number of aliphatic hydroxyl groups is 1. The molecule has 0 radical (unpaired) electrons. The fourth-order valence-electron chi connectivity index (χ4n) is 2.12. The Balaban J connectivity index is 2.24. The highest BCUT2D eigenvalue weighted by Gasteiger charge is 2.10. The summed E-state index contributed by atoms with van der Waals surface area (Å²) < 4.78 is 11.2. The zero-order valence-electron chi connectivity index (χ0n) is 12.1. The highest BCUT2D eigenvalue weighted by atomic mass is 16.5. The van der Waals surface area contributed by atoms with Gasteiger partial charge in [-0.3, -0.25) is 0 Å². The van der Waals surface area contributed by atoms with Crippen molar-refractivity contribution in [2.45, 2.75) is 27.1 Å². The van der Waals surface area contributed by atoms with Gasteiger partial charge in [0, 0.05) is 5.56 Å². The number of aryl methyl sites for hydroxylation is 2. The SMILES string of the molecule is COc1cccc(CO)c1OCc1cc(C)ccc1C. The fraction of sp³-hybridized carbons (Fsp3) is 0.294. The van der Waals surface area contributed by atoms with Crippen molar-refractivity contribution < 1.29 is 14.6 Å². The van der Waals surface area contributed by atoms with Crippen molar-refractivity contribution in [1.82, 2.24) is 0 Å². The molecule has 0 aliphatic heterocycles. The Bertz CT molecular complexity index is 569. The van der Waals surface area contributed by atoms with E-state index in [1.165, 1.54) is 11.1 Å². The average molecular weight is 272 g/mol. The maximum atomic E-state index is 9.40. The molecule has 0 amide bonds. The van der Waals surface area contributed by atoms with Crippen LogP contribution < -0.4 is 9.47 Å². The molecule has 0 atom stereocenters. The quantitative estimate of drug-likeness (QED) is 0.906. The fourth-order valence-corrected chi connectivity index (χ4v) is 2.12. The lowest BCUT2D eigenvalue weighted by Crippen LogP contribution is -2.02. The van der Waals surface area contributed by atoms with Gasteiger partial charge in [-0.15, -0.1) is 0 Å². The Morgan fingerprint density at radius 3 is 2.55 bits per heavy atom. The highest BCUT2D eigenvalue weighted by Crippen LogP contribution is 2.32. The van der Waals surface area contributed by atoms with Crippen LogP contribution >= 0.6 is 0 Å². The highest BCUT2D eigenvalue weighted by molar-refractivity contribution is 5.46. The van der Waals surface area contributed by atoms with Crippen LogP contribution in [0.4, 0.5) is 0 Å². The van der Waals surface area contributed by atoms with E-state index in [9.17, 15) is 5.11 Å². The summed E-state index contributed by atoms with van der Waals surface area (Å²) >= 11 is 0. The Hall–Kier alpha value is -2.00. The van der Waals surface area contributed by atoms with Crippen molar-refractivity contribution in [3.63, 3.8) is 0 Å². The third-order valence-corrected chi connectivity index (χ3v) is 3.33. The summed E-state index contributed by atoms with van der Waals surface area (Å²) in [5, 5.41) is 9.40. The minimum atomic E-state index is -0.0701. The number of rotatable bonds is 5. The second kappa shape index (κ2) is 6.44. The van der Waals surface area contributed by atoms with E-state index >= 15 is 0 Å². The van der Waals surface area contributed by atoms with Gasteiger partial charge in [0.2, 0.25) is 0 Å². The number of para-hydroxylation sites is 1. The molecule has 20 heavy (non-hydrogen) atoms. The van der Waals surface area contributed by atoms with Gasteiger partial charge in [0.05, 0.1) is 13.7 Å². The first kappa shape index (κ1) is 14.4. The summed E-state index contributed by atoms with van der Waals surface area (Å²) in [6, 6.07) is 11.8. The van der Waals surface area contributed by atoms with Gasteiger partial charge in [-0.05, 0) is 31.0 Å². The molecule has 0 aromatic heterocycles. The lowest BCUT2D eigenvalue weighted by Gasteiger charge is -2.15. The maximum absolute atomic E-state index is 9.40. The van der Waals surface area contributed by atoms with Gasteiger partial charge in [0.15, 0.2) is 11.5 Å². The van der Waals surface area contributed by atoms with Crippen LogP contribution in [0.5, 0.6) is 11.5 Å². The molecule has 0 unspecified atom stereocenters. The molecule has 0 aliphatic carbocycles. The molecule has 0 bridgehead atoms. The number of hydrogen-bond acceptors (Lipinski definition) is 3. The molecule has 0 saturated heterocycles. The molecule has 0 aliphatic rings. The number of aliphatic hydroxyl groups excluding tert-OH is 1. The number of benzene rings is 2. The summed E-state index contributed by atoms with van der Waals surface area (Å²) in [6.07, 6.45) is 0. The monoisotopic (exact) mass is 272 g/mol. The molecule has 3 heteroatoms. The van der Waals surface area contributed by atoms with Crippen LogP contribution in [0.1, 0.15) is 22.3 Å². The van der Waals surface area contributed by atoms with Crippen LogP contribution in [-0.4, -0.2) is 12.2 Å². The van der Waals surface area contributed by atoms with Crippen molar-refractivity contribution in [2.24, 2.45) is 0 Å². The first-order chi connectivity index (χ1) is 9.65. The van der Waals surface area contributed by atoms with Gasteiger partial charge in [0.1, 0.15) is 6.61 Å². The first-order valence-corrected chi connectivity index (χ1v) is 6.61. The predicted octanol–water partition coefficient (Wildman–Crippen LogP) is 3.38. The van der Waals surface area contributed by atoms with Gasteiger partial charge in [-0.25, -0.2) is 0 Å². The zero-order chi connectivity index (χ0) is 14.5. The van der Waals surface area contributed by atoms with Crippen molar-refractivity contribution >= 4 is 0 Å². The minimum absolute atomic E-state index is 0.0701. The Kier molecular flexibility index (Phi) is 4.64. The molecule has 106 valence electrons. The molecular formula is C17H20O3.